The molecule has 0 aliphatic carbocycles. The van der Waals surface area contributed by atoms with Gasteiger partial charge in [0.25, 0.3) is 0 Å². The van der Waals surface area contributed by atoms with Crippen LogP contribution in [0.25, 0.3) is 0 Å². The number of nitrogens with one attached hydrogen (secondary N) is 1. The quantitative estimate of drug-likeness (QED) is 0.820. The van der Waals surface area contributed by atoms with Crippen LogP contribution in [0, 0.1) is 0 Å². The highest BCUT2D eigenvalue weighted by Crippen LogP contribution is 2.29. The molecule has 1 N–H and O–H groups in total. The molecule has 6 nitrogen and oxygen atoms in total. The third-order valence-electron chi connectivity index (χ3n) is 4.34. The van der Waals surface area contributed by atoms with Crippen LogP contribution in [-0.4, -0.2) is 43.6 Å². The first kappa shape index (κ1) is 19.2. The molecule has 3 rings (SSSR count). The number of anilines is 2. The molecule has 0 atom stereocenters. The molecule has 2 aromatic rings. The lowest BCUT2D eigenvalue weighted by Crippen LogP contribution is -2.49. The summed E-state index contributed by atoms with van der Waals surface area (Å²) in [6.45, 7) is 1.85. The molecule has 0 radical (unpaired) electrons. The number of methoxy groups -OCH3 is 1. The predicted octanol–water partition coefficient (Wildman–Crippen LogP) is 3.76. The van der Waals surface area contributed by atoms with Crippen molar-refractivity contribution < 1.29 is 14.3 Å². The number of halogens is 1. The van der Waals surface area contributed by atoms with Gasteiger partial charge in [0.2, 0.25) is 5.91 Å². The maximum absolute atomic E-state index is 13.0. The molecule has 142 valence electrons. The Morgan fingerprint density at radius 1 is 1.19 bits per heavy atom. The van der Waals surface area contributed by atoms with Crippen molar-refractivity contribution in [3.8, 4) is 0 Å². The number of urea groups is 1. The molecule has 0 spiro atoms. The Morgan fingerprint density at radius 3 is 2.70 bits per heavy atom. The number of hydrogen-bond acceptors (Lipinski definition) is 3. The highest BCUT2D eigenvalue weighted by atomic mass is 35.5. The fraction of sp³-hybridized carbons (Fsp3) is 0.300. The van der Waals surface area contributed by atoms with Crippen LogP contribution in [0.15, 0.2) is 48.5 Å². The van der Waals surface area contributed by atoms with Crippen molar-refractivity contribution in [2.75, 3.05) is 37.0 Å². The minimum atomic E-state index is -0.299. The normalized spacial score (nSPS) is 14.4. The average Bonchev–Trinajstić information content (AvgIpc) is 2.66. The summed E-state index contributed by atoms with van der Waals surface area (Å²) in [4.78, 5) is 28.3. The SMILES string of the molecule is COCC(=O)Nc1cc(N2CCCN(Cc3ccccc3)C2=O)ccc1Cl. The third kappa shape index (κ3) is 4.78. The molecule has 0 unspecified atom stereocenters. The maximum Gasteiger partial charge on any atom is 0.324 e. The van der Waals surface area contributed by atoms with E-state index in [9.17, 15) is 9.59 Å². The number of carbonyl (C=O) groups is 2. The van der Waals surface area contributed by atoms with Crippen LogP contribution in [0.2, 0.25) is 5.02 Å². The Hall–Kier alpha value is -2.57. The van der Waals surface area contributed by atoms with Crippen LogP contribution in [0.1, 0.15) is 12.0 Å². The Kier molecular flexibility index (Phi) is 6.32. The summed E-state index contributed by atoms with van der Waals surface area (Å²) in [6.07, 6.45) is 0.868. The minimum Gasteiger partial charge on any atom is -0.375 e. The highest BCUT2D eigenvalue weighted by molar-refractivity contribution is 6.33. The maximum atomic E-state index is 13.0. The van der Waals surface area contributed by atoms with Gasteiger partial charge < -0.3 is 15.0 Å². The van der Waals surface area contributed by atoms with E-state index in [0.29, 0.717) is 29.5 Å². The number of rotatable bonds is 6. The van der Waals surface area contributed by atoms with Crippen molar-refractivity contribution in [2.24, 2.45) is 0 Å². The molecular weight excluding hydrogens is 366 g/mol. The number of hydrogen-bond donors (Lipinski definition) is 1. The fourth-order valence-electron chi connectivity index (χ4n) is 3.07. The van der Waals surface area contributed by atoms with Crippen LogP contribution in [0.4, 0.5) is 16.2 Å². The Labute approximate surface area is 163 Å². The molecule has 1 aliphatic heterocycles. The first-order valence-electron chi connectivity index (χ1n) is 8.77. The van der Waals surface area contributed by atoms with E-state index in [4.69, 9.17) is 16.3 Å². The molecule has 27 heavy (non-hydrogen) atoms. The van der Waals surface area contributed by atoms with Gasteiger partial charge in [-0.1, -0.05) is 41.9 Å². The molecule has 1 saturated heterocycles. The van der Waals surface area contributed by atoms with Gasteiger partial charge in [-0.3, -0.25) is 9.69 Å². The van der Waals surface area contributed by atoms with Gasteiger partial charge in [0.1, 0.15) is 6.61 Å². The fourth-order valence-corrected chi connectivity index (χ4v) is 3.23. The van der Waals surface area contributed by atoms with E-state index in [1.54, 1.807) is 23.1 Å². The molecule has 1 aliphatic rings. The van der Waals surface area contributed by atoms with E-state index in [2.05, 4.69) is 5.32 Å². The third-order valence-corrected chi connectivity index (χ3v) is 4.67. The smallest absolute Gasteiger partial charge is 0.324 e. The van der Waals surface area contributed by atoms with Gasteiger partial charge in [-0.25, -0.2) is 4.79 Å². The van der Waals surface area contributed by atoms with E-state index in [-0.39, 0.29) is 18.5 Å². The summed E-state index contributed by atoms with van der Waals surface area (Å²) in [7, 11) is 1.45. The Bertz CT molecular complexity index is 813. The number of benzene rings is 2. The monoisotopic (exact) mass is 387 g/mol. The molecular formula is C20H22ClN3O3. The van der Waals surface area contributed by atoms with Gasteiger partial charge in [-0.15, -0.1) is 0 Å². The minimum absolute atomic E-state index is 0.0541. The largest absolute Gasteiger partial charge is 0.375 e. The standard InChI is InChI=1S/C20H22ClN3O3/c1-27-14-19(25)22-18-12-16(8-9-17(18)21)24-11-5-10-23(20(24)26)13-15-6-3-2-4-7-15/h2-4,6-9,12H,5,10-11,13-14H2,1H3,(H,22,25). The van der Waals surface area contributed by atoms with Crippen molar-refractivity contribution >= 4 is 34.9 Å². The lowest BCUT2D eigenvalue weighted by Gasteiger charge is -2.36. The van der Waals surface area contributed by atoms with Gasteiger partial charge >= 0.3 is 6.03 Å². The van der Waals surface area contributed by atoms with E-state index in [1.165, 1.54) is 7.11 Å². The predicted molar refractivity (Wildman–Crippen MR) is 106 cm³/mol. The van der Waals surface area contributed by atoms with E-state index < -0.39 is 0 Å². The summed E-state index contributed by atoms with van der Waals surface area (Å²) in [5.41, 5.74) is 2.26. The lowest BCUT2D eigenvalue weighted by molar-refractivity contribution is -0.119. The van der Waals surface area contributed by atoms with Crippen LogP contribution in [0.3, 0.4) is 0 Å². The average molecular weight is 388 g/mol. The highest BCUT2D eigenvalue weighted by Gasteiger charge is 2.27. The lowest BCUT2D eigenvalue weighted by atomic mass is 10.1. The zero-order valence-corrected chi connectivity index (χ0v) is 15.9. The second kappa shape index (κ2) is 8.88. The van der Waals surface area contributed by atoms with Gasteiger partial charge in [0, 0.05) is 32.4 Å². The van der Waals surface area contributed by atoms with E-state index in [1.807, 2.05) is 35.2 Å². The van der Waals surface area contributed by atoms with Crippen molar-refractivity contribution in [1.29, 1.82) is 0 Å². The number of ether oxygens (including phenoxy) is 1. The van der Waals surface area contributed by atoms with Crippen LogP contribution in [-0.2, 0) is 16.1 Å². The van der Waals surface area contributed by atoms with Crippen molar-refractivity contribution in [3.05, 3.63) is 59.1 Å². The van der Waals surface area contributed by atoms with Crippen molar-refractivity contribution in [2.45, 2.75) is 13.0 Å². The molecule has 1 fully saturated rings. The Morgan fingerprint density at radius 2 is 1.96 bits per heavy atom. The van der Waals surface area contributed by atoms with E-state index >= 15 is 0 Å². The Balaban J connectivity index is 1.76. The molecule has 0 saturated carbocycles. The summed E-state index contributed by atoms with van der Waals surface area (Å²) in [5, 5.41) is 3.12. The number of amides is 3. The van der Waals surface area contributed by atoms with Gasteiger partial charge in [0.05, 0.1) is 10.7 Å². The summed E-state index contributed by atoms with van der Waals surface area (Å²) < 4.78 is 4.82. The molecule has 0 bridgehead atoms. The molecule has 7 heteroatoms. The summed E-state index contributed by atoms with van der Waals surface area (Å²) in [6, 6.07) is 15.1. The number of nitrogens with zero attached hydrogens (tertiary/aromatic N) is 2. The van der Waals surface area contributed by atoms with Crippen molar-refractivity contribution in [3.63, 3.8) is 0 Å². The number of carbonyl (C=O) groups excluding carboxylic acids is 2. The first-order valence-corrected chi connectivity index (χ1v) is 9.15. The second-order valence-electron chi connectivity index (χ2n) is 6.34. The zero-order chi connectivity index (χ0) is 19.2. The van der Waals surface area contributed by atoms with Gasteiger partial charge in [0.15, 0.2) is 0 Å². The summed E-state index contributed by atoms with van der Waals surface area (Å²) >= 11 is 6.18. The van der Waals surface area contributed by atoms with Gasteiger partial charge in [-0.05, 0) is 30.2 Å². The second-order valence-corrected chi connectivity index (χ2v) is 6.75. The van der Waals surface area contributed by atoms with Crippen LogP contribution >= 0.6 is 11.6 Å². The van der Waals surface area contributed by atoms with Crippen LogP contribution < -0.4 is 10.2 Å². The topological polar surface area (TPSA) is 61.9 Å². The van der Waals surface area contributed by atoms with Gasteiger partial charge in [-0.2, -0.15) is 0 Å². The van der Waals surface area contributed by atoms with Crippen LogP contribution in [0.5, 0.6) is 0 Å². The molecule has 2 aromatic carbocycles. The molecule has 3 amide bonds. The van der Waals surface area contributed by atoms with E-state index in [0.717, 1.165) is 18.5 Å². The first-order chi connectivity index (χ1) is 13.1. The summed E-state index contributed by atoms with van der Waals surface area (Å²) in [5.74, 6) is -0.299. The molecule has 0 aromatic heterocycles. The molecule has 1 heterocycles. The zero-order valence-electron chi connectivity index (χ0n) is 15.2. The van der Waals surface area contributed by atoms with Crippen molar-refractivity contribution in [1.82, 2.24) is 4.90 Å².